The SMILES string of the molecule is CCOC(=O)c1cc(NC(=O)c2cccc(S(=O)(=O)N3CCCCC3)c2)cc(C(=O)OCC)c1. The van der Waals surface area contributed by atoms with E-state index < -0.39 is 27.9 Å². The monoisotopic (exact) mass is 488 g/mol. The number of carbonyl (C=O) groups is 3. The van der Waals surface area contributed by atoms with Crippen molar-refractivity contribution in [2.75, 3.05) is 31.6 Å². The van der Waals surface area contributed by atoms with Crippen molar-refractivity contribution in [2.24, 2.45) is 0 Å². The summed E-state index contributed by atoms with van der Waals surface area (Å²) >= 11 is 0. The number of rotatable bonds is 8. The van der Waals surface area contributed by atoms with E-state index in [1.54, 1.807) is 13.8 Å². The smallest absolute Gasteiger partial charge is 0.338 e. The zero-order valence-electron chi connectivity index (χ0n) is 19.2. The number of carbonyl (C=O) groups excluding carboxylic acids is 3. The van der Waals surface area contributed by atoms with Crippen molar-refractivity contribution in [2.45, 2.75) is 38.0 Å². The molecule has 0 atom stereocenters. The summed E-state index contributed by atoms with van der Waals surface area (Å²) in [6, 6.07) is 9.87. The number of benzene rings is 2. The molecular weight excluding hydrogens is 460 g/mol. The van der Waals surface area contributed by atoms with Gasteiger partial charge in [0, 0.05) is 24.3 Å². The Morgan fingerprint density at radius 3 is 2.00 bits per heavy atom. The normalized spacial score (nSPS) is 14.3. The maximum absolute atomic E-state index is 13.0. The Balaban J connectivity index is 1.88. The minimum absolute atomic E-state index is 0.0366. The van der Waals surface area contributed by atoms with Gasteiger partial charge >= 0.3 is 11.9 Å². The maximum Gasteiger partial charge on any atom is 0.338 e. The lowest BCUT2D eigenvalue weighted by molar-refractivity contribution is 0.0525. The van der Waals surface area contributed by atoms with E-state index in [4.69, 9.17) is 9.47 Å². The van der Waals surface area contributed by atoms with Crippen LogP contribution in [0.3, 0.4) is 0 Å². The van der Waals surface area contributed by atoms with Crippen LogP contribution in [0, 0.1) is 0 Å². The van der Waals surface area contributed by atoms with E-state index in [0.29, 0.717) is 13.1 Å². The number of anilines is 1. The summed E-state index contributed by atoms with van der Waals surface area (Å²) in [4.78, 5) is 37.4. The molecule has 10 heteroatoms. The summed E-state index contributed by atoms with van der Waals surface area (Å²) < 4.78 is 37.4. The summed E-state index contributed by atoms with van der Waals surface area (Å²) in [6.07, 6.45) is 2.60. The van der Waals surface area contributed by atoms with Gasteiger partial charge in [-0.2, -0.15) is 4.31 Å². The third kappa shape index (κ3) is 6.00. The molecule has 0 aliphatic carbocycles. The average Bonchev–Trinajstić information content (AvgIpc) is 2.84. The molecule has 1 fully saturated rings. The average molecular weight is 489 g/mol. The second-order valence-corrected chi connectivity index (χ2v) is 9.62. The predicted molar refractivity (Wildman–Crippen MR) is 125 cm³/mol. The first-order chi connectivity index (χ1) is 16.3. The van der Waals surface area contributed by atoms with Gasteiger partial charge in [-0.3, -0.25) is 4.79 Å². The lowest BCUT2D eigenvalue weighted by atomic mass is 10.1. The zero-order chi connectivity index (χ0) is 24.7. The maximum atomic E-state index is 13.0. The van der Waals surface area contributed by atoms with Gasteiger partial charge < -0.3 is 14.8 Å². The Hall–Kier alpha value is -3.24. The van der Waals surface area contributed by atoms with Crippen LogP contribution in [0.2, 0.25) is 0 Å². The second-order valence-electron chi connectivity index (χ2n) is 7.69. The molecule has 0 saturated carbocycles. The highest BCUT2D eigenvalue weighted by Gasteiger charge is 2.26. The quantitative estimate of drug-likeness (QED) is 0.565. The van der Waals surface area contributed by atoms with Gasteiger partial charge in [0.05, 0.1) is 29.2 Å². The molecule has 2 aromatic rings. The number of nitrogens with one attached hydrogen (secondary N) is 1. The van der Waals surface area contributed by atoms with Crippen molar-refractivity contribution in [1.82, 2.24) is 4.31 Å². The van der Waals surface area contributed by atoms with Crippen LogP contribution < -0.4 is 5.32 Å². The van der Waals surface area contributed by atoms with Crippen LogP contribution >= 0.6 is 0 Å². The van der Waals surface area contributed by atoms with Gasteiger partial charge in [0.25, 0.3) is 5.91 Å². The van der Waals surface area contributed by atoms with Crippen molar-refractivity contribution in [3.63, 3.8) is 0 Å². The number of hydrogen-bond donors (Lipinski definition) is 1. The lowest BCUT2D eigenvalue weighted by Crippen LogP contribution is -2.35. The standard InChI is InChI=1S/C24H28N2O7S/c1-3-32-23(28)18-13-19(24(29)33-4-2)15-20(14-18)25-22(27)17-9-8-10-21(16-17)34(30,31)26-11-6-5-7-12-26/h8-10,13-16H,3-7,11-12H2,1-2H3,(H,25,27). The molecule has 182 valence electrons. The molecule has 1 aliphatic heterocycles. The minimum atomic E-state index is -3.71. The number of esters is 2. The highest BCUT2D eigenvalue weighted by atomic mass is 32.2. The van der Waals surface area contributed by atoms with Crippen LogP contribution in [0.25, 0.3) is 0 Å². The molecule has 0 unspecified atom stereocenters. The fourth-order valence-electron chi connectivity index (χ4n) is 3.62. The number of piperidine rings is 1. The molecule has 0 bridgehead atoms. The van der Waals surface area contributed by atoms with Gasteiger partial charge in [-0.25, -0.2) is 18.0 Å². The molecule has 34 heavy (non-hydrogen) atoms. The van der Waals surface area contributed by atoms with Crippen LogP contribution in [-0.2, 0) is 19.5 Å². The van der Waals surface area contributed by atoms with Gasteiger partial charge in [-0.15, -0.1) is 0 Å². The van der Waals surface area contributed by atoms with Crippen molar-refractivity contribution >= 4 is 33.6 Å². The fourth-order valence-corrected chi connectivity index (χ4v) is 5.18. The summed E-state index contributed by atoms with van der Waals surface area (Å²) in [6.45, 7) is 4.50. The van der Waals surface area contributed by atoms with Gasteiger partial charge in [0.2, 0.25) is 10.0 Å². The van der Waals surface area contributed by atoms with E-state index >= 15 is 0 Å². The van der Waals surface area contributed by atoms with E-state index in [2.05, 4.69) is 5.32 Å². The molecule has 1 N–H and O–H groups in total. The number of nitrogens with zero attached hydrogens (tertiary/aromatic N) is 1. The molecule has 3 rings (SSSR count). The van der Waals surface area contributed by atoms with E-state index in [1.165, 1.54) is 46.8 Å². The Labute approximate surface area is 199 Å². The summed E-state index contributed by atoms with van der Waals surface area (Å²) in [5.74, 6) is -1.90. The summed E-state index contributed by atoms with van der Waals surface area (Å²) in [5.41, 5.74) is 0.438. The highest BCUT2D eigenvalue weighted by molar-refractivity contribution is 7.89. The van der Waals surface area contributed by atoms with Crippen molar-refractivity contribution < 1.29 is 32.3 Å². The van der Waals surface area contributed by atoms with Crippen molar-refractivity contribution in [1.29, 1.82) is 0 Å². The highest BCUT2D eigenvalue weighted by Crippen LogP contribution is 2.23. The topological polar surface area (TPSA) is 119 Å². The Bertz CT molecular complexity index is 1140. The number of hydrogen-bond acceptors (Lipinski definition) is 7. The molecule has 1 aliphatic rings. The van der Waals surface area contributed by atoms with Crippen molar-refractivity contribution in [3.8, 4) is 0 Å². The molecule has 0 aromatic heterocycles. The van der Waals surface area contributed by atoms with Crippen LogP contribution in [-0.4, -0.2) is 56.9 Å². The molecule has 1 amide bonds. The Kier molecular flexibility index (Phi) is 8.41. The van der Waals surface area contributed by atoms with Crippen molar-refractivity contribution in [3.05, 3.63) is 59.2 Å². The number of amides is 1. The molecule has 1 saturated heterocycles. The zero-order valence-corrected chi connectivity index (χ0v) is 20.0. The largest absolute Gasteiger partial charge is 0.462 e. The first-order valence-electron chi connectivity index (χ1n) is 11.2. The van der Waals surface area contributed by atoms with Crippen LogP contribution in [0.1, 0.15) is 64.2 Å². The first-order valence-corrected chi connectivity index (χ1v) is 12.6. The van der Waals surface area contributed by atoms with E-state index in [-0.39, 0.29) is 40.5 Å². The predicted octanol–water partition coefficient (Wildman–Crippen LogP) is 3.47. The van der Waals surface area contributed by atoms with E-state index in [9.17, 15) is 22.8 Å². The Morgan fingerprint density at radius 2 is 1.44 bits per heavy atom. The Morgan fingerprint density at radius 1 is 0.853 bits per heavy atom. The molecule has 2 aromatic carbocycles. The lowest BCUT2D eigenvalue weighted by Gasteiger charge is -2.26. The van der Waals surface area contributed by atoms with Crippen LogP contribution in [0.5, 0.6) is 0 Å². The first kappa shape index (κ1) is 25.4. The number of ether oxygens (including phenoxy) is 2. The van der Waals surface area contributed by atoms with Gasteiger partial charge in [0.1, 0.15) is 0 Å². The third-order valence-corrected chi connectivity index (χ3v) is 7.16. The molecule has 9 nitrogen and oxygen atoms in total. The summed E-state index contributed by atoms with van der Waals surface area (Å²) in [5, 5.41) is 2.63. The molecule has 0 spiro atoms. The van der Waals surface area contributed by atoms with Crippen LogP contribution in [0.4, 0.5) is 5.69 Å². The van der Waals surface area contributed by atoms with Gasteiger partial charge in [-0.1, -0.05) is 12.5 Å². The summed E-state index contributed by atoms with van der Waals surface area (Å²) in [7, 11) is -3.71. The molecule has 0 radical (unpaired) electrons. The van der Waals surface area contributed by atoms with E-state index in [0.717, 1.165) is 19.3 Å². The third-order valence-electron chi connectivity index (χ3n) is 5.26. The van der Waals surface area contributed by atoms with Gasteiger partial charge in [-0.05, 0) is 63.1 Å². The molecular formula is C24H28N2O7S. The minimum Gasteiger partial charge on any atom is -0.462 e. The van der Waals surface area contributed by atoms with Gasteiger partial charge in [0.15, 0.2) is 0 Å². The second kappa shape index (κ2) is 11.3. The number of sulfonamides is 1. The van der Waals surface area contributed by atoms with E-state index in [1.807, 2.05) is 0 Å². The van der Waals surface area contributed by atoms with Crippen LogP contribution in [0.15, 0.2) is 47.4 Å². The molecule has 1 heterocycles. The fraction of sp³-hybridized carbons (Fsp3) is 0.375.